The maximum absolute atomic E-state index is 12.1. The van der Waals surface area contributed by atoms with E-state index in [9.17, 15) is 4.79 Å². The van der Waals surface area contributed by atoms with Crippen LogP contribution in [0.4, 0.5) is 4.79 Å². The molecule has 24 heavy (non-hydrogen) atoms. The predicted molar refractivity (Wildman–Crippen MR) is 98.1 cm³/mol. The highest BCUT2D eigenvalue weighted by molar-refractivity contribution is 5.74. The Balaban J connectivity index is 1.28. The second-order valence-corrected chi connectivity index (χ2v) is 7.42. The third-order valence-corrected chi connectivity index (χ3v) is 5.50. The van der Waals surface area contributed by atoms with E-state index in [0.717, 1.165) is 31.7 Å². The van der Waals surface area contributed by atoms with Gasteiger partial charge in [-0.25, -0.2) is 4.79 Å². The number of hydrogen-bond donors (Lipinski definition) is 2. The molecule has 0 unspecified atom stereocenters. The maximum atomic E-state index is 12.1. The summed E-state index contributed by atoms with van der Waals surface area (Å²) >= 11 is 0. The van der Waals surface area contributed by atoms with Crippen LogP contribution >= 0.6 is 0 Å². The molecule has 1 aromatic carbocycles. The number of carbonyl (C=O) groups excluding carboxylic acids is 1. The lowest BCUT2D eigenvalue weighted by Gasteiger charge is -2.30. The summed E-state index contributed by atoms with van der Waals surface area (Å²) in [6.07, 6.45) is 6.98. The highest BCUT2D eigenvalue weighted by atomic mass is 16.2. The summed E-state index contributed by atoms with van der Waals surface area (Å²) in [7, 11) is 0. The lowest BCUT2D eigenvalue weighted by Crippen LogP contribution is -2.38. The van der Waals surface area contributed by atoms with E-state index in [1.165, 1.54) is 50.0 Å². The first-order valence-corrected chi connectivity index (χ1v) is 9.57. The normalized spacial score (nSPS) is 21.5. The highest BCUT2D eigenvalue weighted by Gasteiger charge is 2.23. The van der Waals surface area contributed by atoms with Crippen LogP contribution in [0.15, 0.2) is 24.3 Å². The van der Waals surface area contributed by atoms with Gasteiger partial charge in [0.05, 0.1) is 6.04 Å². The fraction of sp³-hybridized carbons (Fsp3) is 0.650. The molecule has 0 aromatic heterocycles. The van der Waals surface area contributed by atoms with Crippen molar-refractivity contribution in [2.24, 2.45) is 5.92 Å². The summed E-state index contributed by atoms with van der Waals surface area (Å²) in [4.78, 5) is 14.6. The molecule has 1 fully saturated rings. The van der Waals surface area contributed by atoms with Gasteiger partial charge < -0.3 is 15.5 Å². The van der Waals surface area contributed by atoms with E-state index in [4.69, 9.17) is 0 Å². The molecule has 3 rings (SSSR count). The van der Waals surface area contributed by atoms with E-state index in [1.54, 1.807) is 0 Å². The Bertz CT molecular complexity index is 537. The topological polar surface area (TPSA) is 44.4 Å². The number of aryl methyl sites for hydroxylation is 1. The number of carbonyl (C=O) groups is 1. The highest BCUT2D eigenvalue weighted by Crippen LogP contribution is 2.30. The van der Waals surface area contributed by atoms with E-state index in [0.29, 0.717) is 0 Å². The first-order chi connectivity index (χ1) is 11.7. The van der Waals surface area contributed by atoms with Crippen LogP contribution in [-0.4, -0.2) is 37.1 Å². The van der Waals surface area contributed by atoms with Gasteiger partial charge in [0.25, 0.3) is 0 Å². The summed E-state index contributed by atoms with van der Waals surface area (Å²) in [6.45, 7) is 6.78. The smallest absolute Gasteiger partial charge is 0.315 e. The molecule has 0 saturated carbocycles. The van der Waals surface area contributed by atoms with E-state index >= 15 is 0 Å². The van der Waals surface area contributed by atoms with Gasteiger partial charge in [-0.15, -0.1) is 0 Å². The number of benzene rings is 1. The molecule has 4 nitrogen and oxygen atoms in total. The quantitative estimate of drug-likeness (QED) is 0.785. The molecular formula is C20H31N3O. The van der Waals surface area contributed by atoms with Crippen molar-refractivity contribution in [1.82, 2.24) is 15.5 Å². The van der Waals surface area contributed by atoms with Crippen LogP contribution in [0.5, 0.6) is 0 Å². The molecule has 2 N–H and O–H groups in total. The fourth-order valence-corrected chi connectivity index (χ4v) is 3.86. The van der Waals surface area contributed by atoms with Gasteiger partial charge >= 0.3 is 6.03 Å². The van der Waals surface area contributed by atoms with Gasteiger partial charge in [0.15, 0.2) is 0 Å². The van der Waals surface area contributed by atoms with Gasteiger partial charge in [-0.05, 0) is 75.2 Å². The average Bonchev–Trinajstić information content (AvgIpc) is 2.99. The number of likely N-dealkylation sites (tertiary alicyclic amines) is 1. The van der Waals surface area contributed by atoms with Crippen LogP contribution in [-0.2, 0) is 6.42 Å². The summed E-state index contributed by atoms with van der Waals surface area (Å²) in [6, 6.07) is 8.57. The average molecular weight is 329 g/mol. The van der Waals surface area contributed by atoms with Crippen LogP contribution in [0.1, 0.15) is 56.2 Å². The Kier molecular flexibility index (Phi) is 6.13. The van der Waals surface area contributed by atoms with Gasteiger partial charge in [0.2, 0.25) is 0 Å². The molecule has 2 aliphatic rings. The minimum Gasteiger partial charge on any atom is -0.338 e. The van der Waals surface area contributed by atoms with E-state index in [2.05, 4.69) is 46.7 Å². The van der Waals surface area contributed by atoms with Gasteiger partial charge in [0, 0.05) is 6.54 Å². The first kappa shape index (κ1) is 17.3. The van der Waals surface area contributed by atoms with Crippen molar-refractivity contribution in [3.8, 4) is 0 Å². The molecule has 1 atom stereocenters. The molecule has 2 amide bonds. The SMILES string of the molecule is CC1CCN(CCCCNC(=O)N[C@@H]2CCc3ccccc32)CC1. The fourth-order valence-electron chi connectivity index (χ4n) is 3.86. The molecule has 132 valence electrons. The Morgan fingerprint density at radius 1 is 1.17 bits per heavy atom. The second kappa shape index (κ2) is 8.52. The summed E-state index contributed by atoms with van der Waals surface area (Å²) in [5.41, 5.74) is 2.66. The summed E-state index contributed by atoms with van der Waals surface area (Å²) in [5.74, 6) is 0.896. The van der Waals surface area contributed by atoms with Crippen LogP contribution in [0.2, 0.25) is 0 Å². The Labute approximate surface area is 146 Å². The summed E-state index contributed by atoms with van der Waals surface area (Å²) in [5, 5.41) is 6.14. The molecule has 1 saturated heterocycles. The monoisotopic (exact) mass is 329 g/mol. The second-order valence-electron chi connectivity index (χ2n) is 7.42. The number of fused-ring (bicyclic) bond motifs is 1. The zero-order valence-corrected chi connectivity index (χ0v) is 14.9. The lowest BCUT2D eigenvalue weighted by atomic mass is 9.99. The number of hydrogen-bond acceptors (Lipinski definition) is 2. The van der Waals surface area contributed by atoms with Crippen molar-refractivity contribution >= 4 is 6.03 Å². The van der Waals surface area contributed by atoms with E-state index in [1.807, 2.05) is 0 Å². The summed E-state index contributed by atoms with van der Waals surface area (Å²) < 4.78 is 0. The minimum absolute atomic E-state index is 0.0245. The molecule has 1 heterocycles. The number of nitrogens with zero attached hydrogens (tertiary/aromatic N) is 1. The number of rotatable bonds is 6. The Morgan fingerprint density at radius 3 is 2.79 bits per heavy atom. The van der Waals surface area contributed by atoms with Crippen molar-refractivity contribution in [3.63, 3.8) is 0 Å². The first-order valence-electron chi connectivity index (χ1n) is 9.57. The molecule has 0 radical (unpaired) electrons. The lowest BCUT2D eigenvalue weighted by molar-refractivity contribution is 0.189. The van der Waals surface area contributed by atoms with Gasteiger partial charge in [-0.2, -0.15) is 0 Å². The van der Waals surface area contributed by atoms with E-state index in [-0.39, 0.29) is 12.1 Å². The van der Waals surface area contributed by atoms with Crippen LogP contribution in [0, 0.1) is 5.92 Å². The van der Waals surface area contributed by atoms with Crippen molar-refractivity contribution in [2.75, 3.05) is 26.2 Å². The number of piperidine rings is 1. The van der Waals surface area contributed by atoms with E-state index < -0.39 is 0 Å². The molecular weight excluding hydrogens is 298 g/mol. The molecule has 1 aliphatic carbocycles. The Hall–Kier alpha value is -1.55. The number of unbranched alkanes of at least 4 members (excludes halogenated alkanes) is 1. The zero-order chi connectivity index (χ0) is 16.8. The number of nitrogens with one attached hydrogen (secondary N) is 2. The van der Waals surface area contributed by atoms with Gasteiger partial charge in [-0.1, -0.05) is 31.2 Å². The molecule has 0 bridgehead atoms. The van der Waals surface area contributed by atoms with Crippen LogP contribution < -0.4 is 10.6 Å². The molecule has 1 aliphatic heterocycles. The molecule has 1 aromatic rings. The molecule has 4 heteroatoms. The standard InChI is InChI=1S/C20H31N3O/c1-16-10-14-23(15-11-16)13-5-4-12-21-20(24)22-19-9-8-17-6-2-3-7-18(17)19/h2-3,6-7,16,19H,4-5,8-15H2,1H3,(H2,21,22,24)/t19-/m1/s1. The maximum Gasteiger partial charge on any atom is 0.315 e. The van der Waals surface area contributed by atoms with Crippen molar-refractivity contribution in [2.45, 2.75) is 51.5 Å². The van der Waals surface area contributed by atoms with Crippen molar-refractivity contribution < 1.29 is 4.79 Å². The molecule has 0 spiro atoms. The van der Waals surface area contributed by atoms with Crippen LogP contribution in [0.3, 0.4) is 0 Å². The zero-order valence-electron chi connectivity index (χ0n) is 14.9. The minimum atomic E-state index is -0.0245. The number of urea groups is 1. The third-order valence-electron chi connectivity index (χ3n) is 5.50. The van der Waals surface area contributed by atoms with Crippen molar-refractivity contribution in [3.05, 3.63) is 35.4 Å². The van der Waals surface area contributed by atoms with Gasteiger partial charge in [-0.3, -0.25) is 0 Å². The largest absolute Gasteiger partial charge is 0.338 e. The van der Waals surface area contributed by atoms with Gasteiger partial charge in [0.1, 0.15) is 0 Å². The number of amides is 2. The van der Waals surface area contributed by atoms with Crippen molar-refractivity contribution in [1.29, 1.82) is 0 Å². The Morgan fingerprint density at radius 2 is 1.96 bits per heavy atom. The predicted octanol–water partition coefficient (Wildman–Crippen LogP) is 3.49. The van der Waals surface area contributed by atoms with Crippen LogP contribution in [0.25, 0.3) is 0 Å². The third kappa shape index (κ3) is 4.73.